The van der Waals surface area contributed by atoms with Crippen LogP contribution in [0.3, 0.4) is 0 Å². The molecular weight excluding hydrogens is 337 g/mol. The van der Waals surface area contributed by atoms with Gasteiger partial charge in [-0.25, -0.2) is 17.5 Å². The van der Waals surface area contributed by atoms with Crippen LogP contribution in [-0.4, -0.2) is 13.5 Å². The summed E-state index contributed by atoms with van der Waals surface area (Å²) in [6.45, 7) is 1.15. The molecule has 0 saturated heterocycles. The van der Waals surface area contributed by atoms with Gasteiger partial charge in [0, 0.05) is 10.4 Å². The van der Waals surface area contributed by atoms with Gasteiger partial charge in [0.05, 0.1) is 22.6 Å². The normalized spacial score (nSPS) is 13.3. The van der Waals surface area contributed by atoms with Crippen molar-refractivity contribution in [2.75, 3.05) is 0 Å². The molecule has 114 valence electrons. The first-order valence-electron chi connectivity index (χ1n) is 5.99. The van der Waals surface area contributed by atoms with Crippen molar-refractivity contribution in [2.24, 2.45) is 0 Å². The lowest BCUT2D eigenvalue weighted by atomic mass is 10.2. The van der Waals surface area contributed by atoms with E-state index in [1.807, 2.05) is 11.4 Å². The van der Waals surface area contributed by atoms with E-state index in [1.54, 1.807) is 13.0 Å². The Morgan fingerprint density at radius 2 is 2.19 bits per heavy atom. The highest BCUT2D eigenvalue weighted by molar-refractivity contribution is 7.89. The average molecular weight is 350 g/mol. The van der Waals surface area contributed by atoms with Gasteiger partial charge in [0.2, 0.25) is 10.0 Å². The molecule has 1 atom stereocenters. The second-order valence-electron chi connectivity index (χ2n) is 4.39. The molecule has 0 saturated carbocycles. The van der Waals surface area contributed by atoms with Gasteiger partial charge in [0.25, 0.3) is 0 Å². The molecule has 0 spiro atoms. The predicted octanol–water partition coefficient (Wildman–Crippen LogP) is 3.07. The van der Waals surface area contributed by atoms with E-state index >= 15 is 0 Å². The second-order valence-corrected chi connectivity index (χ2v) is 7.47. The van der Waals surface area contributed by atoms with E-state index in [9.17, 15) is 12.8 Å². The summed E-state index contributed by atoms with van der Waals surface area (Å²) in [5, 5.41) is 10.7. The van der Waals surface area contributed by atoms with Crippen molar-refractivity contribution >= 4 is 33.0 Å². The van der Waals surface area contributed by atoms with Crippen LogP contribution in [0.2, 0.25) is 5.02 Å². The van der Waals surface area contributed by atoms with Crippen molar-refractivity contribution in [1.82, 2.24) is 4.72 Å². The number of hydrogen-bond acceptors (Lipinski definition) is 4. The van der Waals surface area contributed by atoms with Crippen LogP contribution < -0.4 is 4.72 Å². The molecule has 0 amide bonds. The first kappa shape index (κ1) is 16.4. The fourth-order valence-corrected chi connectivity index (χ4v) is 4.05. The van der Waals surface area contributed by atoms with E-state index in [0.717, 1.165) is 17.0 Å². The van der Waals surface area contributed by atoms with Crippen LogP contribution in [0.5, 0.6) is 0 Å². The van der Waals surface area contributed by atoms with Crippen molar-refractivity contribution in [3.05, 3.63) is 50.9 Å². The van der Waals surface area contributed by atoms with Crippen molar-refractivity contribution in [3.8, 4) is 0 Å². The quantitative estimate of drug-likeness (QED) is 0.871. The summed E-state index contributed by atoms with van der Waals surface area (Å²) in [7, 11) is -3.91. The van der Waals surface area contributed by atoms with E-state index in [0.29, 0.717) is 0 Å². The number of rotatable bonds is 5. The Balaban J connectivity index is 2.34. The molecule has 2 N–H and O–H groups in total. The number of nitrogens with one attached hydrogen (secondary N) is 1. The Kier molecular flexibility index (Phi) is 5.00. The SMILES string of the molecule is CC(NS(=O)(=O)c1cc(F)c(Cl)c(CO)c1)c1cccs1. The molecule has 0 aliphatic rings. The lowest BCUT2D eigenvalue weighted by Gasteiger charge is -2.14. The van der Waals surface area contributed by atoms with Crippen LogP contribution in [-0.2, 0) is 16.6 Å². The van der Waals surface area contributed by atoms with Gasteiger partial charge in [-0.2, -0.15) is 0 Å². The largest absolute Gasteiger partial charge is 0.392 e. The topological polar surface area (TPSA) is 66.4 Å². The molecule has 0 aliphatic heterocycles. The molecule has 2 aromatic rings. The Labute approximate surface area is 131 Å². The van der Waals surface area contributed by atoms with Gasteiger partial charge in [-0.1, -0.05) is 17.7 Å². The Morgan fingerprint density at radius 3 is 2.76 bits per heavy atom. The van der Waals surface area contributed by atoms with Crippen LogP contribution in [0.4, 0.5) is 4.39 Å². The lowest BCUT2D eigenvalue weighted by molar-refractivity contribution is 0.281. The maximum Gasteiger partial charge on any atom is 0.241 e. The third-order valence-electron chi connectivity index (χ3n) is 2.86. The highest BCUT2D eigenvalue weighted by Crippen LogP contribution is 2.26. The van der Waals surface area contributed by atoms with E-state index in [-0.39, 0.29) is 15.5 Å². The highest BCUT2D eigenvalue weighted by Gasteiger charge is 2.21. The van der Waals surface area contributed by atoms with Gasteiger partial charge in [0.1, 0.15) is 5.82 Å². The minimum Gasteiger partial charge on any atom is -0.392 e. The summed E-state index contributed by atoms with van der Waals surface area (Å²) in [5.41, 5.74) is 0.0285. The third kappa shape index (κ3) is 3.61. The molecule has 4 nitrogen and oxygen atoms in total. The molecule has 21 heavy (non-hydrogen) atoms. The smallest absolute Gasteiger partial charge is 0.241 e. The lowest BCUT2D eigenvalue weighted by Crippen LogP contribution is -2.26. The number of hydrogen-bond donors (Lipinski definition) is 2. The molecule has 1 aromatic carbocycles. The summed E-state index contributed by atoms with van der Waals surface area (Å²) >= 11 is 7.07. The van der Waals surface area contributed by atoms with Crippen molar-refractivity contribution in [3.63, 3.8) is 0 Å². The maximum absolute atomic E-state index is 13.6. The van der Waals surface area contributed by atoms with Crippen molar-refractivity contribution < 1.29 is 17.9 Å². The van der Waals surface area contributed by atoms with Gasteiger partial charge in [-0.3, -0.25) is 0 Å². The zero-order valence-electron chi connectivity index (χ0n) is 11.0. The average Bonchev–Trinajstić information content (AvgIpc) is 2.95. The van der Waals surface area contributed by atoms with Gasteiger partial charge in [-0.05, 0) is 30.5 Å². The van der Waals surface area contributed by atoms with Gasteiger partial charge in [-0.15, -0.1) is 11.3 Å². The fraction of sp³-hybridized carbons (Fsp3) is 0.231. The Morgan fingerprint density at radius 1 is 1.48 bits per heavy atom. The molecule has 2 rings (SSSR count). The molecule has 0 radical (unpaired) electrons. The van der Waals surface area contributed by atoms with Crippen LogP contribution in [0.15, 0.2) is 34.5 Å². The highest BCUT2D eigenvalue weighted by atomic mass is 35.5. The predicted molar refractivity (Wildman–Crippen MR) is 80.4 cm³/mol. The van der Waals surface area contributed by atoms with E-state index < -0.39 is 28.5 Å². The number of sulfonamides is 1. The molecule has 1 heterocycles. The Bertz CT molecular complexity index is 732. The monoisotopic (exact) mass is 349 g/mol. The fourth-order valence-electron chi connectivity index (χ4n) is 1.79. The zero-order chi connectivity index (χ0) is 15.6. The molecule has 8 heteroatoms. The van der Waals surface area contributed by atoms with E-state index in [2.05, 4.69) is 4.72 Å². The van der Waals surface area contributed by atoms with Crippen LogP contribution in [0.25, 0.3) is 0 Å². The molecule has 0 fully saturated rings. The summed E-state index contributed by atoms with van der Waals surface area (Å²) in [5.74, 6) is -0.882. The third-order valence-corrected chi connectivity index (χ3v) is 5.86. The number of aliphatic hydroxyl groups is 1. The maximum atomic E-state index is 13.6. The number of aliphatic hydroxyl groups excluding tert-OH is 1. The molecule has 1 unspecified atom stereocenters. The Hall–Kier alpha value is -0.990. The minimum absolute atomic E-state index is 0.0285. The van der Waals surface area contributed by atoms with Gasteiger partial charge < -0.3 is 5.11 Å². The second kappa shape index (κ2) is 6.41. The van der Waals surface area contributed by atoms with E-state index in [1.165, 1.54) is 11.3 Å². The zero-order valence-corrected chi connectivity index (χ0v) is 13.4. The first-order valence-corrected chi connectivity index (χ1v) is 8.73. The number of thiophene rings is 1. The van der Waals surface area contributed by atoms with Crippen molar-refractivity contribution in [1.29, 1.82) is 0 Å². The summed E-state index contributed by atoms with van der Waals surface area (Å²) in [6, 6.07) is 5.18. The van der Waals surface area contributed by atoms with Crippen LogP contribution in [0.1, 0.15) is 23.4 Å². The summed E-state index contributed by atoms with van der Waals surface area (Å²) in [4.78, 5) is 0.576. The molecule has 1 aromatic heterocycles. The van der Waals surface area contributed by atoms with Gasteiger partial charge >= 0.3 is 0 Å². The van der Waals surface area contributed by atoms with E-state index in [4.69, 9.17) is 16.7 Å². The van der Waals surface area contributed by atoms with Crippen LogP contribution in [0, 0.1) is 5.82 Å². The van der Waals surface area contributed by atoms with Crippen molar-refractivity contribution in [2.45, 2.75) is 24.5 Å². The summed E-state index contributed by atoms with van der Waals surface area (Å²) in [6.07, 6.45) is 0. The molecular formula is C13H13ClFNO3S2. The van der Waals surface area contributed by atoms with Crippen LogP contribution >= 0.6 is 22.9 Å². The standard InChI is InChI=1S/C13H13ClFNO3S2/c1-8(12-3-2-4-20-12)16-21(18,19)10-5-9(7-17)13(14)11(15)6-10/h2-6,8,16-17H,7H2,1H3. The number of halogens is 2. The van der Waals surface area contributed by atoms with Gasteiger partial charge in [0.15, 0.2) is 0 Å². The first-order chi connectivity index (χ1) is 9.85. The number of benzene rings is 1. The minimum atomic E-state index is -3.91. The molecule has 0 aliphatic carbocycles. The molecule has 0 bridgehead atoms. The summed E-state index contributed by atoms with van der Waals surface area (Å²) < 4.78 is 40.6.